The van der Waals surface area contributed by atoms with E-state index in [-0.39, 0.29) is 24.3 Å². The van der Waals surface area contributed by atoms with Gasteiger partial charge in [0.05, 0.1) is 30.2 Å². The maximum Gasteiger partial charge on any atom is 0.357 e. The summed E-state index contributed by atoms with van der Waals surface area (Å²) in [4.78, 5) is 22.9. The molecule has 0 amide bonds. The number of ether oxygens (including phenoxy) is 2. The van der Waals surface area contributed by atoms with Crippen molar-refractivity contribution in [1.82, 2.24) is 9.97 Å². The molecule has 1 aliphatic rings. The molecule has 0 spiro atoms. The fourth-order valence-corrected chi connectivity index (χ4v) is 3.78. The average Bonchev–Trinajstić information content (AvgIpc) is 2.78. The molecule has 1 saturated heterocycles. The number of quaternary nitrogens is 1. The smallest absolute Gasteiger partial charge is 0.357 e. The second-order valence-electron chi connectivity index (χ2n) is 8.05. The number of piperidine rings is 1. The van der Waals surface area contributed by atoms with Gasteiger partial charge in [-0.2, -0.15) is 9.37 Å². The van der Waals surface area contributed by atoms with Gasteiger partial charge < -0.3 is 19.8 Å². The van der Waals surface area contributed by atoms with Crippen LogP contribution < -0.4 is 10.2 Å². The highest BCUT2D eigenvalue weighted by atomic mass is 19.1. The average molecular weight is 445 g/mol. The molecule has 3 heterocycles. The van der Waals surface area contributed by atoms with Gasteiger partial charge in [-0.25, -0.2) is 9.78 Å². The Balaban J connectivity index is 2.14. The quantitative estimate of drug-likeness (QED) is 0.368. The molecule has 0 aromatic carbocycles. The number of carbonyl (C=O) groups excluding carboxylic acids is 1. The predicted molar refractivity (Wildman–Crippen MR) is 120 cm³/mol. The summed E-state index contributed by atoms with van der Waals surface area (Å²) < 4.78 is 24.4. The van der Waals surface area contributed by atoms with Crippen molar-refractivity contribution in [2.24, 2.45) is 5.92 Å². The van der Waals surface area contributed by atoms with Crippen molar-refractivity contribution >= 4 is 28.9 Å². The Morgan fingerprint density at radius 3 is 2.66 bits per heavy atom. The second-order valence-corrected chi connectivity index (χ2v) is 8.05. The number of anilines is 1. The molecule has 32 heavy (non-hydrogen) atoms. The number of pyridine rings is 2. The molecule has 1 aliphatic heterocycles. The van der Waals surface area contributed by atoms with Crippen LogP contribution >= 0.6 is 0 Å². The van der Waals surface area contributed by atoms with Gasteiger partial charge in [0.2, 0.25) is 11.8 Å². The minimum Gasteiger partial charge on any atom is -0.461 e. The SMILES string of the molecule is CCOC(=O)c1cc(N2CCC(OC)CC2)c(C(=N)C(C)C)c([NH2+]c2ccnc(F)c2)n1. The molecule has 0 radical (unpaired) electrons. The van der Waals surface area contributed by atoms with Gasteiger partial charge in [-0.3, -0.25) is 5.32 Å². The van der Waals surface area contributed by atoms with Gasteiger partial charge in [0.25, 0.3) is 0 Å². The maximum absolute atomic E-state index is 13.7. The molecule has 3 N–H and O–H groups in total. The van der Waals surface area contributed by atoms with E-state index in [1.165, 1.54) is 12.3 Å². The molecule has 8 nitrogen and oxygen atoms in total. The van der Waals surface area contributed by atoms with Crippen LogP contribution in [0.5, 0.6) is 0 Å². The summed E-state index contributed by atoms with van der Waals surface area (Å²) in [7, 11) is 1.71. The van der Waals surface area contributed by atoms with E-state index in [9.17, 15) is 9.18 Å². The van der Waals surface area contributed by atoms with E-state index in [0.29, 0.717) is 22.8 Å². The van der Waals surface area contributed by atoms with Crippen molar-refractivity contribution in [1.29, 1.82) is 5.41 Å². The third-order valence-corrected chi connectivity index (χ3v) is 5.53. The lowest BCUT2D eigenvalue weighted by atomic mass is 9.96. The second kappa shape index (κ2) is 10.6. The molecule has 0 unspecified atom stereocenters. The Hall–Kier alpha value is -2.91. The van der Waals surface area contributed by atoms with Gasteiger partial charge in [-0.15, -0.1) is 0 Å². The van der Waals surface area contributed by atoms with Crippen molar-refractivity contribution in [3.05, 3.63) is 41.6 Å². The first kappa shape index (κ1) is 23.7. The number of aromatic nitrogens is 2. The maximum atomic E-state index is 13.7. The Morgan fingerprint density at radius 2 is 2.06 bits per heavy atom. The molecule has 0 saturated carbocycles. The fourth-order valence-electron chi connectivity index (χ4n) is 3.78. The molecule has 9 heteroatoms. The summed E-state index contributed by atoms with van der Waals surface area (Å²) in [6.07, 6.45) is 3.25. The molecule has 3 rings (SSSR count). The highest BCUT2D eigenvalue weighted by Gasteiger charge is 2.29. The van der Waals surface area contributed by atoms with E-state index in [4.69, 9.17) is 14.9 Å². The number of nitrogens with two attached hydrogens (primary N) is 1. The first-order valence-corrected chi connectivity index (χ1v) is 10.9. The van der Waals surface area contributed by atoms with E-state index in [0.717, 1.165) is 31.6 Å². The summed E-state index contributed by atoms with van der Waals surface area (Å²) in [5.41, 5.74) is 2.51. The van der Waals surface area contributed by atoms with Crippen LogP contribution in [0.25, 0.3) is 0 Å². The van der Waals surface area contributed by atoms with E-state index in [1.54, 1.807) is 31.5 Å². The topological polar surface area (TPSA) is 105 Å². The van der Waals surface area contributed by atoms with Crippen LogP contribution in [0, 0.1) is 17.3 Å². The minimum absolute atomic E-state index is 0.0677. The van der Waals surface area contributed by atoms with Gasteiger partial charge in [0, 0.05) is 32.5 Å². The first-order chi connectivity index (χ1) is 15.3. The van der Waals surface area contributed by atoms with Crippen molar-refractivity contribution in [3.8, 4) is 0 Å². The largest absolute Gasteiger partial charge is 0.461 e. The number of nitrogens with zero attached hydrogens (tertiary/aromatic N) is 3. The highest BCUT2D eigenvalue weighted by molar-refractivity contribution is 6.08. The van der Waals surface area contributed by atoms with Crippen LogP contribution in [-0.4, -0.2) is 54.6 Å². The molecule has 1 fully saturated rings. The van der Waals surface area contributed by atoms with Crippen molar-refractivity contribution < 1.29 is 24.0 Å². The molecular formula is C23H31FN5O3+. The lowest BCUT2D eigenvalue weighted by Crippen LogP contribution is -2.72. The normalized spacial score (nSPS) is 14.6. The standard InChI is InChI=1S/C23H30FN5O3/c1-5-32-23(30)17-13-18(29-10-7-16(31-4)8-11-29)20(21(25)14(2)3)22(28-17)27-15-6-9-26-19(24)12-15/h6,9,12-14,16,25H,5,7-8,10-11H2,1-4H3,(H,26,27,28)/p+1. The van der Waals surface area contributed by atoms with Crippen molar-refractivity contribution in [2.75, 3.05) is 31.7 Å². The number of methoxy groups -OCH3 is 1. The molecule has 2 aromatic heterocycles. The van der Waals surface area contributed by atoms with Crippen LogP contribution in [0.2, 0.25) is 0 Å². The van der Waals surface area contributed by atoms with Crippen LogP contribution in [0.3, 0.4) is 0 Å². The van der Waals surface area contributed by atoms with E-state index in [2.05, 4.69) is 14.9 Å². The zero-order valence-electron chi connectivity index (χ0n) is 19.0. The lowest BCUT2D eigenvalue weighted by molar-refractivity contribution is -0.483. The molecular weight excluding hydrogens is 413 g/mol. The highest BCUT2D eigenvalue weighted by Crippen LogP contribution is 2.31. The van der Waals surface area contributed by atoms with Crippen LogP contribution in [-0.2, 0) is 9.47 Å². The van der Waals surface area contributed by atoms with E-state index < -0.39 is 11.9 Å². The summed E-state index contributed by atoms with van der Waals surface area (Å²) >= 11 is 0. The Labute approximate surface area is 187 Å². The lowest BCUT2D eigenvalue weighted by Gasteiger charge is -2.34. The Bertz CT molecular complexity index is 974. The van der Waals surface area contributed by atoms with Crippen LogP contribution in [0.15, 0.2) is 24.4 Å². The van der Waals surface area contributed by atoms with Crippen LogP contribution in [0.4, 0.5) is 21.6 Å². The van der Waals surface area contributed by atoms with Crippen LogP contribution in [0.1, 0.15) is 49.7 Å². The number of halogens is 1. The Kier molecular flexibility index (Phi) is 7.87. The first-order valence-electron chi connectivity index (χ1n) is 10.9. The fraction of sp³-hybridized carbons (Fsp3) is 0.478. The summed E-state index contributed by atoms with van der Waals surface area (Å²) in [5, 5.41) is 10.5. The monoisotopic (exact) mass is 444 g/mol. The molecule has 0 bridgehead atoms. The number of rotatable bonds is 8. The molecule has 2 aromatic rings. The number of esters is 1. The van der Waals surface area contributed by atoms with Crippen molar-refractivity contribution in [2.45, 2.75) is 39.7 Å². The summed E-state index contributed by atoms with van der Waals surface area (Å²) in [6, 6.07) is 4.67. The summed E-state index contributed by atoms with van der Waals surface area (Å²) in [5.74, 6) is -0.771. The van der Waals surface area contributed by atoms with Gasteiger partial charge in [-0.05, 0) is 31.7 Å². The zero-order valence-corrected chi connectivity index (χ0v) is 19.0. The third-order valence-electron chi connectivity index (χ3n) is 5.53. The Morgan fingerprint density at radius 1 is 1.34 bits per heavy atom. The van der Waals surface area contributed by atoms with Crippen molar-refractivity contribution in [3.63, 3.8) is 0 Å². The van der Waals surface area contributed by atoms with E-state index in [1.807, 2.05) is 13.8 Å². The number of hydrogen-bond acceptors (Lipinski definition) is 7. The molecule has 0 atom stereocenters. The summed E-state index contributed by atoms with van der Waals surface area (Å²) in [6.45, 7) is 7.31. The molecule has 0 aliphatic carbocycles. The predicted octanol–water partition coefficient (Wildman–Crippen LogP) is 2.96. The number of hydrogen-bond donors (Lipinski definition) is 2. The zero-order chi connectivity index (χ0) is 23.3. The minimum atomic E-state index is -0.609. The number of carbonyl (C=O) groups is 1. The third kappa shape index (κ3) is 5.46. The van der Waals surface area contributed by atoms with Gasteiger partial charge in [0.1, 0.15) is 11.3 Å². The van der Waals surface area contributed by atoms with Gasteiger partial charge >= 0.3 is 5.97 Å². The van der Waals surface area contributed by atoms with Gasteiger partial charge in [-0.1, -0.05) is 13.8 Å². The number of nitrogens with one attached hydrogen (secondary N) is 1. The van der Waals surface area contributed by atoms with Gasteiger partial charge in [0.15, 0.2) is 5.69 Å². The molecule has 172 valence electrons. The van der Waals surface area contributed by atoms with E-state index >= 15 is 0 Å².